The molecule has 0 aliphatic carbocycles. The van der Waals surface area contributed by atoms with Gasteiger partial charge in [0.05, 0.1) is 7.11 Å². The van der Waals surface area contributed by atoms with Gasteiger partial charge < -0.3 is 19.9 Å². The molecule has 29 heavy (non-hydrogen) atoms. The van der Waals surface area contributed by atoms with Gasteiger partial charge in [0, 0.05) is 10.8 Å². The number of carbonyl (C=O) groups is 2. The zero-order valence-electron chi connectivity index (χ0n) is 15.8. The van der Waals surface area contributed by atoms with Crippen LogP contribution in [0.4, 0.5) is 0 Å². The van der Waals surface area contributed by atoms with E-state index < -0.39 is 17.9 Å². The van der Waals surface area contributed by atoms with E-state index in [1.165, 1.54) is 14.0 Å². The fourth-order valence-corrected chi connectivity index (χ4v) is 2.97. The Kier molecular flexibility index (Phi) is 6.19. The molecule has 0 saturated heterocycles. The highest BCUT2D eigenvalue weighted by Crippen LogP contribution is 2.34. The number of amides is 1. The largest absolute Gasteiger partial charge is 0.505 e. The van der Waals surface area contributed by atoms with Gasteiger partial charge in [0.25, 0.3) is 5.91 Å². The Balaban J connectivity index is 1.85. The highest BCUT2D eigenvalue weighted by molar-refractivity contribution is 6.35. The van der Waals surface area contributed by atoms with E-state index >= 15 is 0 Å². The average molecular weight is 415 g/mol. The minimum absolute atomic E-state index is 0.0267. The maximum absolute atomic E-state index is 12.4. The Morgan fingerprint density at radius 3 is 2.59 bits per heavy atom. The molecule has 8 heteroatoms. The molecule has 2 aromatic carbocycles. The lowest BCUT2D eigenvalue weighted by Crippen LogP contribution is -2.39. The van der Waals surface area contributed by atoms with Crippen LogP contribution in [0.25, 0.3) is 10.8 Å². The zero-order chi connectivity index (χ0) is 21.0. The lowest BCUT2D eigenvalue weighted by molar-refractivity contribution is -0.142. The van der Waals surface area contributed by atoms with E-state index in [0.29, 0.717) is 23.1 Å². The zero-order valence-corrected chi connectivity index (χ0v) is 16.6. The summed E-state index contributed by atoms with van der Waals surface area (Å²) in [6.45, 7) is 1.83. The Bertz CT molecular complexity index is 1060. The summed E-state index contributed by atoms with van der Waals surface area (Å²) in [5.41, 5.74) is 0.725. The Morgan fingerprint density at radius 2 is 1.90 bits per heavy atom. The lowest BCUT2D eigenvalue weighted by Gasteiger charge is -2.14. The molecule has 7 nitrogen and oxygen atoms in total. The van der Waals surface area contributed by atoms with Crippen LogP contribution in [0.5, 0.6) is 11.5 Å². The fraction of sp³-hybridized carbons (Fsp3) is 0.190. The highest BCUT2D eigenvalue weighted by atomic mass is 35.5. The van der Waals surface area contributed by atoms with Crippen molar-refractivity contribution in [2.75, 3.05) is 7.11 Å². The van der Waals surface area contributed by atoms with E-state index in [4.69, 9.17) is 16.3 Å². The molecular weight excluding hydrogens is 396 g/mol. The lowest BCUT2D eigenvalue weighted by atomic mass is 10.1. The summed E-state index contributed by atoms with van der Waals surface area (Å²) < 4.78 is 10.3. The molecule has 1 unspecified atom stereocenters. The molecule has 150 valence electrons. The van der Waals surface area contributed by atoms with E-state index in [1.54, 1.807) is 18.2 Å². The summed E-state index contributed by atoms with van der Waals surface area (Å²) in [5.74, 6) is -1.16. The van der Waals surface area contributed by atoms with Crippen LogP contribution in [-0.2, 0) is 16.1 Å². The van der Waals surface area contributed by atoms with Gasteiger partial charge in [-0.05, 0) is 30.7 Å². The maximum Gasteiger partial charge on any atom is 0.328 e. The molecule has 1 atom stereocenters. The van der Waals surface area contributed by atoms with E-state index in [1.807, 2.05) is 30.3 Å². The summed E-state index contributed by atoms with van der Waals surface area (Å²) in [7, 11) is 1.21. The second-order valence-corrected chi connectivity index (χ2v) is 6.66. The maximum atomic E-state index is 12.4. The van der Waals surface area contributed by atoms with Crippen LogP contribution < -0.4 is 10.1 Å². The molecule has 2 N–H and O–H groups in total. The summed E-state index contributed by atoms with van der Waals surface area (Å²) in [4.78, 5) is 27.9. The summed E-state index contributed by atoms with van der Waals surface area (Å²) in [6, 6.07) is 13.7. The first-order valence-electron chi connectivity index (χ1n) is 8.78. The van der Waals surface area contributed by atoms with Gasteiger partial charge in [-0.1, -0.05) is 41.9 Å². The Morgan fingerprint density at radius 1 is 1.17 bits per heavy atom. The number of esters is 1. The van der Waals surface area contributed by atoms with Crippen molar-refractivity contribution < 1.29 is 24.2 Å². The molecular formula is C21H19ClN2O5. The average Bonchev–Trinajstić information content (AvgIpc) is 2.74. The van der Waals surface area contributed by atoms with Gasteiger partial charge in [-0.15, -0.1) is 0 Å². The first-order chi connectivity index (χ1) is 13.9. The van der Waals surface area contributed by atoms with Crippen molar-refractivity contribution in [1.29, 1.82) is 0 Å². The Hall–Kier alpha value is -3.32. The number of halogens is 1. The predicted octanol–water partition coefficient (Wildman–Crippen LogP) is 3.46. The molecule has 0 radical (unpaired) electrons. The van der Waals surface area contributed by atoms with Gasteiger partial charge in [-0.3, -0.25) is 4.79 Å². The van der Waals surface area contributed by atoms with Gasteiger partial charge in [-0.2, -0.15) is 0 Å². The third kappa shape index (κ3) is 4.57. The Labute approximate surface area is 172 Å². The normalized spacial score (nSPS) is 11.7. The number of nitrogens with zero attached hydrogens (tertiary/aromatic N) is 1. The SMILES string of the molecule is COC(=O)C(C)NC(=O)c1nc(Cl)c2cc(OCc3ccccc3)ccc2c1O. The number of ether oxygens (including phenoxy) is 2. The van der Waals surface area contributed by atoms with Gasteiger partial charge in [-0.25, -0.2) is 9.78 Å². The number of aromatic nitrogens is 1. The number of nitrogens with one attached hydrogen (secondary N) is 1. The first kappa shape index (κ1) is 20.4. The summed E-state index contributed by atoms with van der Waals surface area (Å²) in [6.07, 6.45) is 0. The second-order valence-electron chi connectivity index (χ2n) is 6.30. The van der Waals surface area contributed by atoms with Crippen LogP contribution in [-0.4, -0.2) is 35.1 Å². The van der Waals surface area contributed by atoms with E-state index in [2.05, 4.69) is 15.0 Å². The molecule has 3 rings (SSSR count). The number of aromatic hydroxyl groups is 1. The standard InChI is InChI=1S/C21H19ClN2O5/c1-12(21(27)28-2)23-20(26)17-18(25)15-9-8-14(10-16(15)19(22)24-17)29-11-13-6-4-3-5-7-13/h3-10,12,25H,11H2,1-2H3,(H,23,26). The van der Waals surface area contributed by atoms with Crippen LogP contribution in [0.1, 0.15) is 23.0 Å². The van der Waals surface area contributed by atoms with Crippen molar-refractivity contribution in [3.05, 3.63) is 64.9 Å². The topological polar surface area (TPSA) is 97.8 Å². The van der Waals surface area contributed by atoms with Gasteiger partial charge in [0.2, 0.25) is 0 Å². The monoisotopic (exact) mass is 414 g/mol. The van der Waals surface area contributed by atoms with Crippen molar-refractivity contribution in [2.24, 2.45) is 0 Å². The van der Waals surface area contributed by atoms with Crippen LogP contribution in [0.3, 0.4) is 0 Å². The number of benzene rings is 2. The fourth-order valence-electron chi connectivity index (χ4n) is 2.73. The van der Waals surface area contributed by atoms with Crippen LogP contribution in [0.15, 0.2) is 48.5 Å². The number of carbonyl (C=O) groups excluding carboxylic acids is 2. The number of fused-ring (bicyclic) bond motifs is 1. The number of rotatable bonds is 6. The van der Waals surface area contributed by atoms with E-state index in [9.17, 15) is 14.7 Å². The first-order valence-corrected chi connectivity index (χ1v) is 9.16. The smallest absolute Gasteiger partial charge is 0.328 e. The molecule has 0 fully saturated rings. The third-order valence-electron chi connectivity index (χ3n) is 4.27. The summed E-state index contributed by atoms with van der Waals surface area (Å²) >= 11 is 6.24. The molecule has 0 spiro atoms. The van der Waals surface area contributed by atoms with Crippen LogP contribution in [0, 0.1) is 0 Å². The van der Waals surface area contributed by atoms with Crippen molar-refractivity contribution in [3.63, 3.8) is 0 Å². The van der Waals surface area contributed by atoms with Crippen molar-refractivity contribution in [3.8, 4) is 11.5 Å². The number of methoxy groups -OCH3 is 1. The van der Waals surface area contributed by atoms with E-state index in [-0.39, 0.29) is 16.6 Å². The molecule has 0 aliphatic rings. The molecule has 1 amide bonds. The second kappa shape index (κ2) is 8.79. The number of pyridine rings is 1. The van der Waals surface area contributed by atoms with Crippen molar-refractivity contribution in [1.82, 2.24) is 10.3 Å². The third-order valence-corrected chi connectivity index (χ3v) is 4.56. The number of hydrogen-bond donors (Lipinski definition) is 2. The van der Waals surface area contributed by atoms with E-state index in [0.717, 1.165) is 5.56 Å². The molecule has 0 bridgehead atoms. The van der Waals surface area contributed by atoms with Gasteiger partial charge in [0.1, 0.15) is 23.6 Å². The minimum Gasteiger partial charge on any atom is -0.505 e. The predicted molar refractivity (Wildman–Crippen MR) is 108 cm³/mol. The molecule has 3 aromatic rings. The van der Waals surface area contributed by atoms with Crippen molar-refractivity contribution in [2.45, 2.75) is 19.6 Å². The van der Waals surface area contributed by atoms with Crippen LogP contribution >= 0.6 is 11.6 Å². The molecule has 0 saturated carbocycles. The summed E-state index contributed by atoms with van der Waals surface area (Å²) in [5, 5.41) is 13.7. The van der Waals surface area contributed by atoms with Crippen LogP contribution in [0.2, 0.25) is 5.15 Å². The van der Waals surface area contributed by atoms with Crippen molar-refractivity contribution >= 4 is 34.2 Å². The number of hydrogen-bond acceptors (Lipinski definition) is 6. The minimum atomic E-state index is -0.906. The van der Waals surface area contributed by atoms with Gasteiger partial charge in [0.15, 0.2) is 11.4 Å². The highest BCUT2D eigenvalue weighted by Gasteiger charge is 2.23. The van der Waals surface area contributed by atoms with Gasteiger partial charge >= 0.3 is 5.97 Å². The quantitative estimate of drug-likeness (QED) is 0.473. The molecule has 0 aliphatic heterocycles. The molecule has 1 aromatic heterocycles. The molecule has 1 heterocycles.